The Morgan fingerprint density at radius 2 is 2.04 bits per heavy atom. The van der Waals surface area contributed by atoms with Crippen molar-refractivity contribution in [2.75, 3.05) is 7.11 Å². The van der Waals surface area contributed by atoms with Gasteiger partial charge in [-0.25, -0.2) is 9.78 Å². The van der Waals surface area contributed by atoms with Crippen molar-refractivity contribution >= 4 is 17.5 Å². The van der Waals surface area contributed by atoms with Gasteiger partial charge in [-0.3, -0.25) is 9.20 Å². The molecule has 6 nitrogen and oxygen atoms in total. The van der Waals surface area contributed by atoms with Crippen LogP contribution in [0.5, 0.6) is 0 Å². The first kappa shape index (κ1) is 17.7. The van der Waals surface area contributed by atoms with Gasteiger partial charge in [-0.05, 0) is 41.8 Å². The first-order valence-electron chi connectivity index (χ1n) is 8.54. The molecule has 1 amide bonds. The van der Waals surface area contributed by atoms with E-state index >= 15 is 0 Å². The number of amides is 1. The molecule has 2 heterocycles. The minimum Gasteiger partial charge on any atom is -0.465 e. The summed E-state index contributed by atoms with van der Waals surface area (Å²) >= 11 is 0. The Hall–Kier alpha value is -3.15. The summed E-state index contributed by atoms with van der Waals surface area (Å²) in [6.45, 7) is 2.42. The molecular formula is C20H21N3O3. The van der Waals surface area contributed by atoms with Gasteiger partial charge in [-0.2, -0.15) is 0 Å². The lowest BCUT2D eigenvalue weighted by Gasteiger charge is -2.12. The van der Waals surface area contributed by atoms with Crippen molar-refractivity contribution in [3.05, 3.63) is 71.2 Å². The molecule has 6 heteroatoms. The van der Waals surface area contributed by atoms with Crippen LogP contribution >= 0.6 is 0 Å². The number of nitrogens with one attached hydrogen (secondary N) is 1. The molecule has 0 unspecified atom stereocenters. The number of fused-ring (bicyclic) bond motifs is 1. The van der Waals surface area contributed by atoms with Crippen LogP contribution in [0.3, 0.4) is 0 Å². The van der Waals surface area contributed by atoms with Crippen molar-refractivity contribution in [1.29, 1.82) is 0 Å². The van der Waals surface area contributed by atoms with Gasteiger partial charge in [0.1, 0.15) is 11.3 Å². The molecule has 0 bridgehead atoms. The standard InChI is InChI=1S/C20H21N3O3/c1-3-6-14-8-9-15(20(25)26-2)11-16(14)12-22-19(24)17-13-21-18-7-4-5-10-23(17)18/h4-5,7-11,13H,3,6,12H2,1-2H3,(H,22,24). The van der Waals surface area contributed by atoms with Gasteiger partial charge in [0, 0.05) is 12.7 Å². The number of benzene rings is 1. The normalized spacial score (nSPS) is 10.7. The number of hydrogen-bond donors (Lipinski definition) is 1. The average Bonchev–Trinajstić information content (AvgIpc) is 3.10. The molecule has 0 aliphatic heterocycles. The molecule has 2 aromatic heterocycles. The first-order valence-corrected chi connectivity index (χ1v) is 8.54. The zero-order valence-corrected chi connectivity index (χ0v) is 14.9. The third kappa shape index (κ3) is 3.59. The summed E-state index contributed by atoms with van der Waals surface area (Å²) in [7, 11) is 1.36. The van der Waals surface area contributed by atoms with E-state index in [1.165, 1.54) is 7.11 Å². The Bertz CT molecular complexity index is 946. The number of pyridine rings is 1. The highest BCUT2D eigenvalue weighted by Gasteiger charge is 2.14. The molecule has 0 aliphatic rings. The van der Waals surface area contributed by atoms with Gasteiger partial charge in [-0.15, -0.1) is 0 Å². The summed E-state index contributed by atoms with van der Waals surface area (Å²) in [5.74, 6) is -0.600. The van der Waals surface area contributed by atoms with Gasteiger partial charge < -0.3 is 10.1 Å². The predicted octanol–water partition coefficient (Wildman–Crippen LogP) is 3.00. The molecule has 0 aliphatic carbocycles. The summed E-state index contributed by atoms with van der Waals surface area (Å²) in [5.41, 5.74) is 3.70. The van der Waals surface area contributed by atoms with Gasteiger partial charge >= 0.3 is 5.97 Å². The maximum Gasteiger partial charge on any atom is 0.337 e. The lowest BCUT2D eigenvalue weighted by molar-refractivity contribution is 0.0600. The molecule has 0 radical (unpaired) electrons. The zero-order chi connectivity index (χ0) is 18.5. The second kappa shape index (κ2) is 7.82. The molecule has 134 valence electrons. The van der Waals surface area contributed by atoms with Crippen molar-refractivity contribution in [2.24, 2.45) is 0 Å². The fraction of sp³-hybridized carbons (Fsp3) is 0.250. The largest absolute Gasteiger partial charge is 0.465 e. The maximum atomic E-state index is 12.6. The monoisotopic (exact) mass is 351 g/mol. The van der Waals surface area contributed by atoms with Crippen molar-refractivity contribution < 1.29 is 14.3 Å². The number of imidazole rings is 1. The van der Waals surface area contributed by atoms with Crippen LogP contribution in [0.1, 0.15) is 45.3 Å². The third-order valence-corrected chi connectivity index (χ3v) is 4.24. The van der Waals surface area contributed by atoms with Gasteiger partial charge in [0.15, 0.2) is 0 Å². The van der Waals surface area contributed by atoms with Crippen LogP contribution in [0, 0.1) is 0 Å². The van der Waals surface area contributed by atoms with Crippen molar-refractivity contribution in [2.45, 2.75) is 26.3 Å². The summed E-state index contributed by atoms with van der Waals surface area (Å²) in [6, 6.07) is 11.0. The van der Waals surface area contributed by atoms with E-state index < -0.39 is 0 Å². The number of esters is 1. The topological polar surface area (TPSA) is 72.7 Å². The molecule has 1 aromatic carbocycles. The van der Waals surface area contributed by atoms with E-state index in [1.54, 1.807) is 28.9 Å². The Balaban J connectivity index is 1.81. The number of nitrogens with zero attached hydrogens (tertiary/aromatic N) is 2. The van der Waals surface area contributed by atoms with Crippen LogP contribution in [-0.4, -0.2) is 28.4 Å². The SMILES string of the molecule is CCCc1ccc(C(=O)OC)cc1CNC(=O)c1cnc2ccccn12. The number of aromatic nitrogens is 2. The average molecular weight is 351 g/mol. The number of hydrogen-bond acceptors (Lipinski definition) is 4. The van der Waals surface area contributed by atoms with E-state index in [0.717, 1.165) is 29.6 Å². The Kier molecular flexibility index (Phi) is 5.31. The van der Waals surface area contributed by atoms with E-state index in [0.29, 0.717) is 17.8 Å². The highest BCUT2D eigenvalue weighted by atomic mass is 16.5. The van der Waals surface area contributed by atoms with Crippen LogP contribution < -0.4 is 5.32 Å². The number of ether oxygens (including phenoxy) is 1. The van der Waals surface area contributed by atoms with E-state index in [9.17, 15) is 9.59 Å². The van der Waals surface area contributed by atoms with Crippen molar-refractivity contribution in [1.82, 2.24) is 14.7 Å². The highest BCUT2D eigenvalue weighted by molar-refractivity contribution is 5.93. The fourth-order valence-electron chi connectivity index (χ4n) is 2.92. The zero-order valence-electron chi connectivity index (χ0n) is 14.9. The van der Waals surface area contributed by atoms with E-state index in [4.69, 9.17) is 4.74 Å². The summed E-state index contributed by atoms with van der Waals surface area (Å²) < 4.78 is 6.53. The quantitative estimate of drug-likeness (QED) is 0.693. The molecule has 0 fully saturated rings. The van der Waals surface area contributed by atoms with Gasteiger partial charge in [0.25, 0.3) is 5.91 Å². The molecule has 0 saturated carbocycles. The molecule has 1 N–H and O–H groups in total. The maximum absolute atomic E-state index is 12.6. The lowest BCUT2D eigenvalue weighted by Crippen LogP contribution is -2.25. The van der Waals surface area contributed by atoms with Crippen LogP contribution in [0.25, 0.3) is 5.65 Å². The Morgan fingerprint density at radius 1 is 1.19 bits per heavy atom. The number of aryl methyl sites for hydroxylation is 1. The molecular weight excluding hydrogens is 330 g/mol. The van der Waals surface area contributed by atoms with E-state index in [-0.39, 0.29) is 11.9 Å². The summed E-state index contributed by atoms with van der Waals surface area (Å²) in [4.78, 5) is 28.6. The van der Waals surface area contributed by atoms with Gasteiger partial charge in [0.2, 0.25) is 0 Å². The number of carbonyl (C=O) groups excluding carboxylic acids is 2. The lowest BCUT2D eigenvalue weighted by atomic mass is 10.00. The number of rotatable bonds is 6. The minimum absolute atomic E-state index is 0.213. The van der Waals surface area contributed by atoms with Gasteiger partial charge in [0.05, 0.1) is 18.9 Å². The molecule has 0 saturated heterocycles. The smallest absolute Gasteiger partial charge is 0.337 e. The summed E-state index contributed by atoms with van der Waals surface area (Å²) in [5, 5.41) is 2.92. The fourth-order valence-corrected chi connectivity index (χ4v) is 2.92. The van der Waals surface area contributed by atoms with Crippen molar-refractivity contribution in [3.63, 3.8) is 0 Å². The molecule has 0 spiro atoms. The van der Waals surface area contributed by atoms with Gasteiger partial charge in [-0.1, -0.05) is 25.5 Å². The second-order valence-corrected chi connectivity index (χ2v) is 5.98. The molecule has 26 heavy (non-hydrogen) atoms. The van der Waals surface area contributed by atoms with Crippen LogP contribution in [0.15, 0.2) is 48.8 Å². The van der Waals surface area contributed by atoms with Crippen LogP contribution in [0.4, 0.5) is 0 Å². The van der Waals surface area contributed by atoms with E-state index in [1.807, 2.05) is 24.3 Å². The first-order chi connectivity index (χ1) is 12.6. The summed E-state index contributed by atoms with van der Waals surface area (Å²) in [6.07, 6.45) is 5.22. The Morgan fingerprint density at radius 3 is 2.81 bits per heavy atom. The predicted molar refractivity (Wildman–Crippen MR) is 98.1 cm³/mol. The van der Waals surface area contributed by atoms with Crippen LogP contribution in [-0.2, 0) is 17.7 Å². The molecule has 3 rings (SSSR count). The number of carbonyl (C=O) groups is 2. The third-order valence-electron chi connectivity index (χ3n) is 4.24. The number of methoxy groups -OCH3 is 1. The Labute approximate surface area is 151 Å². The van der Waals surface area contributed by atoms with Crippen LogP contribution in [0.2, 0.25) is 0 Å². The minimum atomic E-state index is -0.387. The molecule has 0 atom stereocenters. The van der Waals surface area contributed by atoms with E-state index in [2.05, 4.69) is 17.2 Å². The highest BCUT2D eigenvalue weighted by Crippen LogP contribution is 2.16. The van der Waals surface area contributed by atoms with Crippen molar-refractivity contribution in [3.8, 4) is 0 Å². The second-order valence-electron chi connectivity index (χ2n) is 5.98. The molecule has 3 aromatic rings.